The Labute approximate surface area is 127 Å². The standard InChI is InChI=1S/C16H15ClO4/c1-10-3-5-14(20-2)11(7-10)9-21-15-6-4-12(17)8-13(15)16(18)19/h3-8H,9H2,1-2H3,(H,18,19). The molecule has 0 aliphatic rings. The highest BCUT2D eigenvalue weighted by Gasteiger charge is 2.13. The molecule has 4 nitrogen and oxygen atoms in total. The molecule has 0 saturated heterocycles. The molecule has 5 heteroatoms. The number of benzene rings is 2. The second kappa shape index (κ2) is 6.50. The van der Waals surface area contributed by atoms with Gasteiger partial charge in [-0.25, -0.2) is 4.79 Å². The molecule has 0 aromatic heterocycles. The van der Waals surface area contributed by atoms with E-state index >= 15 is 0 Å². The maximum Gasteiger partial charge on any atom is 0.339 e. The fourth-order valence-corrected chi connectivity index (χ4v) is 2.14. The van der Waals surface area contributed by atoms with Gasteiger partial charge in [0.05, 0.1) is 7.11 Å². The number of rotatable bonds is 5. The van der Waals surface area contributed by atoms with Gasteiger partial charge in [-0.2, -0.15) is 0 Å². The minimum Gasteiger partial charge on any atom is -0.496 e. The van der Waals surface area contributed by atoms with Gasteiger partial charge in [-0.1, -0.05) is 23.2 Å². The average Bonchev–Trinajstić information content (AvgIpc) is 2.46. The summed E-state index contributed by atoms with van der Waals surface area (Å²) in [6.07, 6.45) is 0. The molecule has 0 spiro atoms. The lowest BCUT2D eigenvalue weighted by Gasteiger charge is -2.12. The van der Waals surface area contributed by atoms with Crippen LogP contribution in [0.15, 0.2) is 36.4 Å². The Bertz CT molecular complexity index is 667. The van der Waals surface area contributed by atoms with Crippen molar-refractivity contribution in [3.8, 4) is 11.5 Å². The third-order valence-electron chi connectivity index (χ3n) is 2.99. The minimum absolute atomic E-state index is 0.0362. The smallest absolute Gasteiger partial charge is 0.339 e. The number of carboxylic acid groups (broad SMARTS) is 1. The van der Waals surface area contributed by atoms with Gasteiger partial charge in [-0.15, -0.1) is 0 Å². The van der Waals surface area contributed by atoms with Gasteiger partial charge in [0.25, 0.3) is 0 Å². The maximum absolute atomic E-state index is 11.2. The molecule has 0 aliphatic heterocycles. The Balaban J connectivity index is 2.24. The molecule has 110 valence electrons. The number of hydrogen-bond donors (Lipinski definition) is 1. The van der Waals surface area contributed by atoms with Crippen LogP contribution in [-0.2, 0) is 6.61 Å². The molecule has 0 bridgehead atoms. The van der Waals surface area contributed by atoms with Crippen molar-refractivity contribution < 1.29 is 19.4 Å². The fourth-order valence-electron chi connectivity index (χ4n) is 1.97. The van der Waals surface area contributed by atoms with Gasteiger partial charge in [0, 0.05) is 10.6 Å². The Kier molecular flexibility index (Phi) is 4.70. The van der Waals surface area contributed by atoms with E-state index in [0.717, 1.165) is 11.1 Å². The van der Waals surface area contributed by atoms with Crippen LogP contribution in [0.5, 0.6) is 11.5 Å². The number of aryl methyl sites for hydroxylation is 1. The number of ether oxygens (including phenoxy) is 2. The van der Waals surface area contributed by atoms with Crippen LogP contribution in [0.2, 0.25) is 5.02 Å². The van der Waals surface area contributed by atoms with Crippen molar-refractivity contribution >= 4 is 17.6 Å². The van der Waals surface area contributed by atoms with Crippen LogP contribution in [0, 0.1) is 6.92 Å². The van der Waals surface area contributed by atoms with Crippen LogP contribution >= 0.6 is 11.6 Å². The van der Waals surface area contributed by atoms with Crippen LogP contribution < -0.4 is 9.47 Å². The molecule has 0 amide bonds. The predicted octanol–water partition coefficient (Wildman–Crippen LogP) is 3.93. The van der Waals surface area contributed by atoms with Gasteiger partial charge in [0.1, 0.15) is 23.7 Å². The third-order valence-corrected chi connectivity index (χ3v) is 3.23. The molecule has 0 atom stereocenters. The molecule has 0 fully saturated rings. The highest BCUT2D eigenvalue weighted by atomic mass is 35.5. The van der Waals surface area contributed by atoms with E-state index in [4.69, 9.17) is 26.2 Å². The topological polar surface area (TPSA) is 55.8 Å². The Morgan fingerprint density at radius 2 is 1.90 bits per heavy atom. The van der Waals surface area contributed by atoms with E-state index in [1.165, 1.54) is 6.07 Å². The van der Waals surface area contributed by atoms with E-state index in [1.807, 2.05) is 25.1 Å². The summed E-state index contributed by atoms with van der Waals surface area (Å²) >= 11 is 5.81. The molecule has 21 heavy (non-hydrogen) atoms. The fraction of sp³-hybridized carbons (Fsp3) is 0.188. The van der Waals surface area contributed by atoms with E-state index in [2.05, 4.69) is 0 Å². The van der Waals surface area contributed by atoms with Gasteiger partial charge in [-0.05, 0) is 37.3 Å². The zero-order valence-corrected chi connectivity index (χ0v) is 12.5. The second-order valence-corrected chi connectivity index (χ2v) is 4.99. The number of aromatic carboxylic acids is 1. The zero-order valence-electron chi connectivity index (χ0n) is 11.7. The Hall–Kier alpha value is -2.20. The summed E-state index contributed by atoms with van der Waals surface area (Å²) in [7, 11) is 1.58. The van der Waals surface area contributed by atoms with Crippen molar-refractivity contribution in [2.24, 2.45) is 0 Å². The normalized spacial score (nSPS) is 10.2. The molecular weight excluding hydrogens is 292 g/mol. The zero-order chi connectivity index (χ0) is 15.4. The van der Waals surface area contributed by atoms with Crippen molar-refractivity contribution in [2.45, 2.75) is 13.5 Å². The largest absolute Gasteiger partial charge is 0.496 e. The van der Waals surface area contributed by atoms with Crippen molar-refractivity contribution in [3.05, 3.63) is 58.1 Å². The molecule has 0 radical (unpaired) electrons. The lowest BCUT2D eigenvalue weighted by atomic mass is 10.1. The molecule has 2 aromatic carbocycles. The number of methoxy groups -OCH3 is 1. The molecule has 2 aromatic rings. The van der Waals surface area contributed by atoms with E-state index in [0.29, 0.717) is 10.8 Å². The quantitative estimate of drug-likeness (QED) is 0.909. The molecular formula is C16H15ClO4. The number of carboxylic acids is 1. The first-order valence-corrected chi connectivity index (χ1v) is 6.68. The van der Waals surface area contributed by atoms with Crippen molar-refractivity contribution in [3.63, 3.8) is 0 Å². The summed E-state index contributed by atoms with van der Waals surface area (Å²) in [4.78, 5) is 11.2. The number of carbonyl (C=O) groups is 1. The van der Waals surface area contributed by atoms with Crippen LogP contribution in [0.25, 0.3) is 0 Å². The molecule has 0 aliphatic carbocycles. The first-order chi connectivity index (χ1) is 10.0. The maximum atomic E-state index is 11.2. The van der Waals surface area contributed by atoms with Crippen LogP contribution in [0.1, 0.15) is 21.5 Å². The minimum atomic E-state index is -1.08. The predicted molar refractivity (Wildman–Crippen MR) is 80.5 cm³/mol. The summed E-state index contributed by atoms with van der Waals surface area (Å²) in [5.74, 6) is -0.106. The molecule has 1 N–H and O–H groups in total. The Morgan fingerprint density at radius 1 is 1.19 bits per heavy atom. The highest BCUT2D eigenvalue weighted by Crippen LogP contribution is 2.26. The van der Waals surface area contributed by atoms with E-state index in [9.17, 15) is 4.79 Å². The van der Waals surface area contributed by atoms with Gasteiger partial charge in [-0.3, -0.25) is 0 Å². The third kappa shape index (κ3) is 3.67. The Morgan fingerprint density at radius 3 is 2.57 bits per heavy atom. The summed E-state index contributed by atoms with van der Waals surface area (Å²) in [5.41, 5.74) is 1.96. The van der Waals surface area contributed by atoms with Gasteiger partial charge >= 0.3 is 5.97 Å². The van der Waals surface area contributed by atoms with E-state index in [-0.39, 0.29) is 17.9 Å². The SMILES string of the molecule is COc1ccc(C)cc1COc1ccc(Cl)cc1C(=O)O. The monoisotopic (exact) mass is 306 g/mol. The molecule has 0 saturated carbocycles. The lowest BCUT2D eigenvalue weighted by molar-refractivity contribution is 0.0691. The van der Waals surface area contributed by atoms with Gasteiger partial charge in [0.2, 0.25) is 0 Å². The summed E-state index contributed by atoms with van der Waals surface area (Å²) in [6, 6.07) is 10.2. The first kappa shape index (κ1) is 15.2. The van der Waals surface area contributed by atoms with Crippen molar-refractivity contribution in [2.75, 3.05) is 7.11 Å². The van der Waals surface area contributed by atoms with E-state index < -0.39 is 5.97 Å². The summed E-state index contributed by atoms with van der Waals surface area (Å²) in [6.45, 7) is 2.18. The number of halogens is 1. The second-order valence-electron chi connectivity index (χ2n) is 4.55. The summed E-state index contributed by atoms with van der Waals surface area (Å²) < 4.78 is 10.9. The highest BCUT2D eigenvalue weighted by molar-refractivity contribution is 6.31. The summed E-state index contributed by atoms with van der Waals surface area (Å²) in [5, 5.41) is 9.52. The number of hydrogen-bond acceptors (Lipinski definition) is 3. The average molecular weight is 307 g/mol. The van der Waals surface area contributed by atoms with Crippen molar-refractivity contribution in [1.29, 1.82) is 0 Å². The van der Waals surface area contributed by atoms with Crippen molar-refractivity contribution in [1.82, 2.24) is 0 Å². The van der Waals surface area contributed by atoms with Crippen LogP contribution in [0.4, 0.5) is 0 Å². The lowest BCUT2D eigenvalue weighted by Crippen LogP contribution is -2.04. The van der Waals surface area contributed by atoms with Crippen LogP contribution in [-0.4, -0.2) is 18.2 Å². The first-order valence-electron chi connectivity index (χ1n) is 6.30. The van der Waals surface area contributed by atoms with Crippen LogP contribution in [0.3, 0.4) is 0 Å². The van der Waals surface area contributed by atoms with Gasteiger partial charge in [0.15, 0.2) is 0 Å². The molecule has 0 unspecified atom stereocenters. The molecule has 0 heterocycles. The van der Waals surface area contributed by atoms with Gasteiger partial charge < -0.3 is 14.6 Å². The van der Waals surface area contributed by atoms with E-state index in [1.54, 1.807) is 19.2 Å². The molecule has 2 rings (SSSR count).